The van der Waals surface area contributed by atoms with Gasteiger partial charge >= 0.3 is 5.97 Å². The third kappa shape index (κ3) is 3.28. The zero-order valence-corrected chi connectivity index (χ0v) is 9.74. The molecule has 2 rings (SSSR count). The van der Waals surface area contributed by atoms with Gasteiger partial charge in [-0.05, 0) is 11.6 Å². The highest BCUT2D eigenvalue weighted by Crippen LogP contribution is 2.02. The van der Waals surface area contributed by atoms with Gasteiger partial charge < -0.3 is 10.5 Å². The summed E-state index contributed by atoms with van der Waals surface area (Å²) in [5.41, 5.74) is 6.57. The van der Waals surface area contributed by atoms with Gasteiger partial charge in [-0.1, -0.05) is 30.3 Å². The van der Waals surface area contributed by atoms with Gasteiger partial charge in [-0.25, -0.2) is 14.8 Å². The zero-order chi connectivity index (χ0) is 12.8. The first-order valence-corrected chi connectivity index (χ1v) is 5.55. The van der Waals surface area contributed by atoms with E-state index < -0.39 is 5.97 Å². The van der Waals surface area contributed by atoms with E-state index in [1.165, 1.54) is 12.3 Å². The number of nitrogens with zero attached hydrogens (tertiary/aromatic N) is 2. The van der Waals surface area contributed by atoms with Crippen molar-refractivity contribution in [3.8, 4) is 0 Å². The number of rotatable bonds is 4. The standard InChI is InChI=1S/C13H13N3O2/c14-11-6-8-15-12(16-11)13(17)18-9-7-10-4-2-1-3-5-10/h1-6,8H,7,9H2,(H2,14,15,16). The van der Waals surface area contributed by atoms with E-state index in [1.54, 1.807) is 0 Å². The van der Waals surface area contributed by atoms with Gasteiger partial charge in [-0.15, -0.1) is 0 Å². The van der Waals surface area contributed by atoms with Crippen LogP contribution in [0.5, 0.6) is 0 Å². The molecule has 92 valence electrons. The predicted molar refractivity (Wildman–Crippen MR) is 66.9 cm³/mol. The smallest absolute Gasteiger partial charge is 0.376 e. The SMILES string of the molecule is Nc1ccnc(C(=O)OCCc2ccccc2)n1. The van der Waals surface area contributed by atoms with Crippen molar-refractivity contribution in [2.75, 3.05) is 12.3 Å². The maximum atomic E-state index is 11.6. The van der Waals surface area contributed by atoms with Crippen molar-refractivity contribution in [3.05, 3.63) is 54.0 Å². The number of hydrogen-bond donors (Lipinski definition) is 1. The first-order valence-electron chi connectivity index (χ1n) is 5.55. The summed E-state index contributed by atoms with van der Waals surface area (Å²) in [6.07, 6.45) is 2.09. The molecule has 2 N–H and O–H groups in total. The highest BCUT2D eigenvalue weighted by Gasteiger charge is 2.10. The second kappa shape index (κ2) is 5.77. The van der Waals surface area contributed by atoms with Crippen molar-refractivity contribution in [1.29, 1.82) is 0 Å². The Balaban J connectivity index is 1.86. The molecule has 5 nitrogen and oxygen atoms in total. The highest BCUT2D eigenvalue weighted by molar-refractivity contribution is 5.85. The Morgan fingerprint density at radius 3 is 2.72 bits per heavy atom. The van der Waals surface area contributed by atoms with Crippen molar-refractivity contribution < 1.29 is 9.53 Å². The number of hydrogen-bond acceptors (Lipinski definition) is 5. The molecule has 5 heteroatoms. The quantitative estimate of drug-likeness (QED) is 0.822. The normalized spacial score (nSPS) is 10.0. The van der Waals surface area contributed by atoms with Crippen LogP contribution >= 0.6 is 0 Å². The van der Waals surface area contributed by atoms with Crippen molar-refractivity contribution in [2.24, 2.45) is 0 Å². The topological polar surface area (TPSA) is 78.1 Å². The molecule has 0 amide bonds. The van der Waals surface area contributed by atoms with Crippen LogP contribution in [0, 0.1) is 0 Å². The Morgan fingerprint density at radius 1 is 1.22 bits per heavy atom. The van der Waals surface area contributed by atoms with E-state index in [4.69, 9.17) is 10.5 Å². The number of carbonyl (C=O) groups excluding carboxylic acids is 1. The maximum Gasteiger partial charge on any atom is 0.376 e. The number of carbonyl (C=O) groups is 1. The number of benzene rings is 1. The van der Waals surface area contributed by atoms with E-state index in [1.807, 2.05) is 30.3 Å². The van der Waals surface area contributed by atoms with Gasteiger partial charge in [0.2, 0.25) is 5.82 Å². The van der Waals surface area contributed by atoms with Gasteiger partial charge in [-0.3, -0.25) is 0 Å². The minimum absolute atomic E-state index is 0.0111. The first kappa shape index (κ1) is 12.0. The Labute approximate surface area is 105 Å². The van der Waals surface area contributed by atoms with Gasteiger partial charge in [0.05, 0.1) is 6.61 Å². The lowest BCUT2D eigenvalue weighted by atomic mass is 10.2. The molecule has 0 bridgehead atoms. The molecule has 0 atom stereocenters. The fraction of sp³-hybridized carbons (Fsp3) is 0.154. The lowest BCUT2D eigenvalue weighted by Gasteiger charge is -2.04. The van der Waals surface area contributed by atoms with Crippen molar-refractivity contribution in [1.82, 2.24) is 9.97 Å². The largest absolute Gasteiger partial charge is 0.459 e. The van der Waals surface area contributed by atoms with E-state index >= 15 is 0 Å². The van der Waals surface area contributed by atoms with Gasteiger partial charge in [0.15, 0.2) is 0 Å². The minimum atomic E-state index is -0.557. The van der Waals surface area contributed by atoms with E-state index in [-0.39, 0.29) is 11.6 Å². The zero-order valence-electron chi connectivity index (χ0n) is 9.74. The Morgan fingerprint density at radius 2 is 2.00 bits per heavy atom. The van der Waals surface area contributed by atoms with Crippen LogP contribution in [0.2, 0.25) is 0 Å². The molecule has 2 aromatic rings. The van der Waals surface area contributed by atoms with Crippen molar-refractivity contribution >= 4 is 11.8 Å². The van der Waals surface area contributed by atoms with Crippen molar-refractivity contribution in [3.63, 3.8) is 0 Å². The Hall–Kier alpha value is -2.43. The molecule has 0 unspecified atom stereocenters. The molecule has 0 saturated heterocycles. The molecule has 1 aromatic carbocycles. The summed E-state index contributed by atoms with van der Waals surface area (Å²) >= 11 is 0. The molecular weight excluding hydrogens is 230 g/mol. The Kier molecular flexibility index (Phi) is 3.86. The van der Waals surface area contributed by atoms with E-state index in [2.05, 4.69) is 9.97 Å². The van der Waals surface area contributed by atoms with Crippen LogP contribution in [-0.4, -0.2) is 22.5 Å². The summed E-state index contributed by atoms with van der Waals surface area (Å²) in [6, 6.07) is 11.3. The molecule has 1 aromatic heterocycles. The van der Waals surface area contributed by atoms with Gasteiger partial charge in [0, 0.05) is 12.6 Å². The summed E-state index contributed by atoms with van der Waals surface area (Å²) in [7, 11) is 0. The van der Waals surface area contributed by atoms with Crippen LogP contribution in [0.1, 0.15) is 16.2 Å². The van der Waals surface area contributed by atoms with E-state index in [9.17, 15) is 4.79 Å². The minimum Gasteiger partial charge on any atom is -0.459 e. The molecule has 0 aliphatic carbocycles. The van der Waals surface area contributed by atoms with Crippen LogP contribution in [0.4, 0.5) is 5.82 Å². The molecule has 0 aliphatic heterocycles. The fourth-order valence-electron chi connectivity index (χ4n) is 1.44. The van der Waals surface area contributed by atoms with Crippen LogP contribution in [-0.2, 0) is 11.2 Å². The molecule has 1 heterocycles. The Bertz CT molecular complexity index is 529. The third-order valence-electron chi connectivity index (χ3n) is 2.33. The van der Waals surface area contributed by atoms with Crippen molar-refractivity contribution in [2.45, 2.75) is 6.42 Å². The molecular formula is C13H13N3O2. The monoisotopic (exact) mass is 243 g/mol. The molecule has 0 spiro atoms. The molecule has 0 fully saturated rings. The third-order valence-corrected chi connectivity index (χ3v) is 2.33. The summed E-state index contributed by atoms with van der Waals surface area (Å²) in [5.74, 6) is -0.318. The number of nitrogens with two attached hydrogens (primary N) is 1. The van der Waals surface area contributed by atoms with Gasteiger partial charge in [0.1, 0.15) is 5.82 Å². The second-order valence-electron chi connectivity index (χ2n) is 3.68. The molecule has 18 heavy (non-hydrogen) atoms. The number of nitrogen functional groups attached to an aromatic ring is 1. The molecule has 0 saturated carbocycles. The van der Waals surface area contributed by atoms with Crippen LogP contribution in [0.25, 0.3) is 0 Å². The number of aromatic nitrogens is 2. The summed E-state index contributed by atoms with van der Waals surface area (Å²) in [4.78, 5) is 19.2. The fourth-order valence-corrected chi connectivity index (χ4v) is 1.44. The number of ether oxygens (including phenoxy) is 1. The summed E-state index contributed by atoms with van der Waals surface area (Å²) in [5, 5.41) is 0. The molecule has 0 radical (unpaired) electrons. The maximum absolute atomic E-state index is 11.6. The summed E-state index contributed by atoms with van der Waals surface area (Å²) in [6.45, 7) is 0.293. The average Bonchev–Trinajstić information content (AvgIpc) is 2.40. The average molecular weight is 243 g/mol. The second-order valence-corrected chi connectivity index (χ2v) is 3.68. The predicted octanol–water partition coefficient (Wildman–Crippen LogP) is 1.46. The number of esters is 1. The van der Waals surface area contributed by atoms with E-state index in [0.717, 1.165) is 5.56 Å². The van der Waals surface area contributed by atoms with Crippen LogP contribution < -0.4 is 5.73 Å². The van der Waals surface area contributed by atoms with Crippen LogP contribution in [0.3, 0.4) is 0 Å². The van der Waals surface area contributed by atoms with Gasteiger partial charge in [0.25, 0.3) is 0 Å². The lowest BCUT2D eigenvalue weighted by molar-refractivity contribution is 0.0495. The highest BCUT2D eigenvalue weighted by atomic mass is 16.5. The van der Waals surface area contributed by atoms with E-state index in [0.29, 0.717) is 13.0 Å². The number of anilines is 1. The van der Waals surface area contributed by atoms with Gasteiger partial charge in [-0.2, -0.15) is 0 Å². The first-order chi connectivity index (χ1) is 8.75. The summed E-state index contributed by atoms with van der Waals surface area (Å²) < 4.78 is 5.07. The molecule has 0 aliphatic rings. The lowest BCUT2D eigenvalue weighted by Crippen LogP contribution is -2.12. The van der Waals surface area contributed by atoms with Crippen LogP contribution in [0.15, 0.2) is 42.6 Å².